The highest BCUT2D eigenvalue weighted by molar-refractivity contribution is 7.52. The molecule has 0 spiro atoms. The SMILES string of the molecule is CCOP(=O)(O)COC[C@H]1O[C@@H](n2cnc3c(N[C@@H](C)c4ccccc4)ncnc32)[C@@H]2OC(C)(C)O[C@@H]21. The molecule has 200 valence electrons. The summed E-state index contributed by atoms with van der Waals surface area (Å²) in [4.78, 5) is 23.3. The molecule has 2 N–H and O–H groups in total. The van der Waals surface area contributed by atoms with E-state index in [1.807, 2.05) is 44.2 Å². The average Bonchev–Trinajstić information content (AvgIpc) is 3.51. The van der Waals surface area contributed by atoms with Gasteiger partial charge in [-0.1, -0.05) is 30.3 Å². The van der Waals surface area contributed by atoms with Crippen LogP contribution in [0.25, 0.3) is 11.2 Å². The van der Waals surface area contributed by atoms with Crippen LogP contribution in [0.2, 0.25) is 0 Å². The minimum absolute atomic E-state index is 0.00430. The van der Waals surface area contributed by atoms with Gasteiger partial charge in [0.2, 0.25) is 0 Å². The fourth-order valence-corrected chi connectivity index (χ4v) is 5.53. The molecule has 2 aliphatic heterocycles. The molecular weight excluding hydrogens is 501 g/mol. The second-order valence-corrected chi connectivity index (χ2v) is 11.3. The number of nitrogens with zero attached hydrogens (tertiary/aromatic N) is 4. The predicted molar refractivity (Wildman–Crippen MR) is 134 cm³/mol. The van der Waals surface area contributed by atoms with E-state index < -0.39 is 44.3 Å². The van der Waals surface area contributed by atoms with Gasteiger partial charge in [-0.15, -0.1) is 0 Å². The van der Waals surface area contributed by atoms with Gasteiger partial charge in [0.1, 0.15) is 31.0 Å². The van der Waals surface area contributed by atoms with E-state index in [4.69, 9.17) is 23.5 Å². The van der Waals surface area contributed by atoms with Gasteiger partial charge in [-0.25, -0.2) is 15.0 Å². The van der Waals surface area contributed by atoms with Gasteiger partial charge >= 0.3 is 7.60 Å². The van der Waals surface area contributed by atoms with E-state index in [1.165, 1.54) is 6.33 Å². The second-order valence-electron chi connectivity index (χ2n) is 9.51. The van der Waals surface area contributed by atoms with Gasteiger partial charge in [-0.3, -0.25) is 9.13 Å². The molecule has 0 bridgehead atoms. The van der Waals surface area contributed by atoms with Crippen molar-refractivity contribution < 1.29 is 32.9 Å². The van der Waals surface area contributed by atoms with Gasteiger partial charge in [0, 0.05) is 0 Å². The van der Waals surface area contributed by atoms with Gasteiger partial charge in [0.25, 0.3) is 0 Å². The smallest absolute Gasteiger partial charge is 0.353 e. The van der Waals surface area contributed by atoms with Gasteiger partial charge in [0.15, 0.2) is 29.0 Å². The molecule has 3 aromatic rings. The Morgan fingerprint density at radius 1 is 1.19 bits per heavy atom. The third-order valence-electron chi connectivity index (χ3n) is 6.28. The highest BCUT2D eigenvalue weighted by Gasteiger charge is 2.56. The molecule has 37 heavy (non-hydrogen) atoms. The van der Waals surface area contributed by atoms with Gasteiger partial charge in [-0.2, -0.15) is 0 Å². The first-order valence-corrected chi connectivity index (χ1v) is 14.0. The Morgan fingerprint density at radius 3 is 2.70 bits per heavy atom. The molecule has 0 radical (unpaired) electrons. The minimum Gasteiger partial charge on any atom is -0.366 e. The largest absolute Gasteiger partial charge is 0.366 e. The molecule has 0 saturated carbocycles. The number of ether oxygens (including phenoxy) is 4. The van der Waals surface area contributed by atoms with E-state index in [0.29, 0.717) is 17.0 Å². The van der Waals surface area contributed by atoms with Crippen LogP contribution in [0.1, 0.15) is 45.5 Å². The van der Waals surface area contributed by atoms with Crippen molar-refractivity contribution in [1.82, 2.24) is 19.5 Å². The lowest BCUT2D eigenvalue weighted by Gasteiger charge is -2.25. The summed E-state index contributed by atoms with van der Waals surface area (Å²) in [5.74, 6) is -0.232. The molecule has 2 aromatic heterocycles. The van der Waals surface area contributed by atoms with Crippen LogP contribution in [0, 0.1) is 0 Å². The Labute approximate surface area is 214 Å². The molecule has 2 saturated heterocycles. The first kappa shape index (κ1) is 26.2. The number of aromatic nitrogens is 4. The van der Waals surface area contributed by atoms with E-state index in [-0.39, 0.29) is 19.3 Å². The van der Waals surface area contributed by atoms with E-state index in [1.54, 1.807) is 17.8 Å². The molecule has 6 atom stereocenters. The number of nitrogens with one attached hydrogen (secondary N) is 1. The summed E-state index contributed by atoms with van der Waals surface area (Å²) in [5.41, 5.74) is 2.29. The Morgan fingerprint density at radius 2 is 1.95 bits per heavy atom. The molecule has 13 heteroatoms. The van der Waals surface area contributed by atoms with Crippen LogP contribution in [0.5, 0.6) is 0 Å². The summed E-state index contributed by atoms with van der Waals surface area (Å²) in [6.45, 7) is 7.50. The zero-order chi connectivity index (χ0) is 26.2. The van der Waals surface area contributed by atoms with Crippen LogP contribution in [0.3, 0.4) is 0 Å². The summed E-state index contributed by atoms with van der Waals surface area (Å²) in [5, 5.41) is 3.42. The van der Waals surface area contributed by atoms with E-state index in [9.17, 15) is 9.46 Å². The Hall–Kier alpha value is -2.44. The molecule has 1 aromatic carbocycles. The van der Waals surface area contributed by atoms with Crippen molar-refractivity contribution in [3.63, 3.8) is 0 Å². The highest BCUT2D eigenvalue weighted by Crippen LogP contribution is 2.45. The van der Waals surface area contributed by atoms with Crippen LogP contribution < -0.4 is 5.32 Å². The standard InChI is InChI=1S/C24H32N5O7P/c1-5-33-37(30,31)14-32-11-17-19-20(36-24(3,4)35-19)23(34-17)29-13-27-18-21(25-12-26-22(18)29)28-15(2)16-9-7-6-8-10-16/h6-10,12-13,15,17,19-20,23H,5,11,14H2,1-4H3,(H,30,31)(H,25,26,28)/t15-,17+,19+,20+,23+/m0/s1. The Kier molecular flexibility index (Phi) is 7.34. The molecule has 0 aliphatic carbocycles. The first-order valence-electron chi connectivity index (χ1n) is 12.2. The zero-order valence-corrected chi connectivity index (χ0v) is 22.1. The number of hydrogen-bond acceptors (Lipinski definition) is 10. The van der Waals surface area contributed by atoms with Crippen molar-refractivity contribution in [1.29, 1.82) is 0 Å². The van der Waals surface area contributed by atoms with Crippen LogP contribution in [0.15, 0.2) is 43.0 Å². The van der Waals surface area contributed by atoms with Crippen molar-refractivity contribution in [3.8, 4) is 0 Å². The number of anilines is 1. The van der Waals surface area contributed by atoms with Gasteiger partial charge in [0.05, 0.1) is 25.6 Å². The van der Waals surface area contributed by atoms with Crippen molar-refractivity contribution in [3.05, 3.63) is 48.5 Å². The third kappa shape index (κ3) is 5.56. The summed E-state index contributed by atoms with van der Waals surface area (Å²) in [6.07, 6.45) is 0.609. The van der Waals surface area contributed by atoms with E-state index >= 15 is 0 Å². The molecule has 2 fully saturated rings. The van der Waals surface area contributed by atoms with Crippen LogP contribution in [0.4, 0.5) is 5.82 Å². The lowest BCUT2D eigenvalue weighted by atomic mass is 10.1. The predicted octanol–water partition coefficient (Wildman–Crippen LogP) is 3.61. The minimum atomic E-state index is -3.83. The van der Waals surface area contributed by atoms with Crippen molar-refractivity contribution >= 4 is 24.6 Å². The van der Waals surface area contributed by atoms with Crippen LogP contribution in [-0.2, 0) is 28.0 Å². The topological polar surface area (TPSA) is 139 Å². The maximum atomic E-state index is 12.0. The molecule has 2 aliphatic rings. The Bertz CT molecular complexity index is 1270. The maximum Gasteiger partial charge on any atom is 0.353 e. The van der Waals surface area contributed by atoms with Crippen molar-refractivity contribution in [2.75, 3.05) is 24.9 Å². The summed E-state index contributed by atoms with van der Waals surface area (Å²) in [7, 11) is -3.83. The van der Waals surface area contributed by atoms with Crippen LogP contribution in [-0.4, -0.2) is 68.1 Å². The van der Waals surface area contributed by atoms with E-state index in [2.05, 4.69) is 27.2 Å². The molecule has 0 amide bonds. The zero-order valence-electron chi connectivity index (χ0n) is 21.2. The normalized spacial score (nSPS) is 27.2. The van der Waals surface area contributed by atoms with Gasteiger partial charge in [-0.05, 0) is 33.3 Å². The first-order chi connectivity index (χ1) is 17.7. The highest BCUT2D eigenvalue weighted by atomic mass is 31.2. The molecule has 4 heterocycles. The summed E-state index contributed by atoms with van der Waals surface area (Å²) >= 11 is 0. The molecule has 12 nitrogen and oxygen atoms in total. The fourth-order valence-electron chi connectivity index (χ4n) is 4.71. The second kappa shape index (κ2) is 10.4. The third-order valence-corrected chi connectivity index (χ3v) is 7.45. The fraction of sp³-hybridized carbons (Fsp3) is 0.542. The van der Waals surface area contributed by atoms with Crippen molar-refractivity contribution in [2.45, 2.75) is 64.1 Å². The number of fused-ring (bicyclic) bond motifs is 2. The number of imidazole rings is 1. The number of rotatable bonds is 10. The molecule has 5 rings (SSSR count). The Balaban J connectivity index is 1.37. The molecule has 1 unspecified atom stereocenters. The lowest BCUT2D eigenvalue weighted by molar-refractivity contribution is -0.201. The maximum absolute atomic E-state index is 12.0. The summed E-state index contributed by atoms with van der Waals surface area (Å²) in [6, 6.07) is 10.1. The number of hydrogen-bond donors (Lipinski definition) is 2. The van der Waals surface area contributed by atoms with Crippen LogP contribution >= 0.6 is 7.60 Å². The summed E-state index contributed by atoms with van der Waals surface area (Å²) < 4.78 is 42.8. The average molecular weight is 534 g/mol. The monoisotopic (exact) mass is 533 g/mol. The number of benzene rings is 1. The lowest BCUT2D eigenvalue weighted by Crippen LogP contribution is -2.33. The van der Waals surface area contributed by atoms with Gasteiger partial charge < -0.3 is 33.7 Å². The molecular formula is C24H32N5O7P. The van der Waals surface area contributed by atoms with Crippen molar-refractivity contribution in [2.24, 2.45) is 0 Å². The van der Waals surface area contributed by atoms with E-state index in [0.717, 1.165) is 5.56 Å². The quantitative estimate of drug-likeness (QED) is 0.370.